The van der Waals surface area contributed by atoms with Gasteiger partial charge < -0.3 is 10.2 Å². The Kier molecular flexibility index (Phi) is 5.00. The molecule has 0 saturated carbocycles. The van der Waals surface area contributed by atoms with Gasteiger partial charge in [-0.05, 0) is 24.8 Å². The first-order valence-electron chi connectivity index (χ1n) is 5.60. The van der Waals surface area contributed by atoms with Crippen molar-refractivity contribution in [2.45, 2.75) is 20.3 Å². The highest BCUT2D eigenvalue weighted by Gasteiger charge is 2.23. The zero-order valence-electron chi connectivity index (χ0n) is 9.42. The van der Waals surface area contributed by atoms with Gasteiger partial charge in [0.1, 0.15) is 0 Å². The van der Waals surface area contributed by atoms with E-state index in [0.29, 0.717) is 6.54 Å². The van der Waals surface area contributed by atoms with Gasteiger partial charge in [0.05, 0.1) is 6.54 Å². The van der Waals surface area contributed by atoms with E-state index in [0.717, 1.165) is 24.9 Å². The van der Waals surface area contributed by atoms with Crippen molar-refractivity contribution in [1.29, 1.82) is 0 Å². The van der Waals surface area contributed by atoms with Gasteiger partial charge >= 0.3 is 0 Å². The SMILES string of the molecule is C#CCNCCN1CCC(C(C)C)C1. The minimum atomic E-state index is 0.696. The first-order valence-corrected chi connectivity index (χ1v) is 5.60. The van der Waals surface area contributed by atoms with Crippen molar-refractivity contribution in [2.75, 3.05) is 32.7 Å². The van der Waals surface area contributed by atoms with Gasteiger partial charge in [-0.2, -0.15) is 0 Å². The maximum absolute atomic E-state index is 5.16. The summed E-state index contributed by atoms with van der Waals surface area (Å²) < 4.78 is 0. The number of rotatable bonds is 5. The van der Waals surface area contributed by atoms with E-state index in [2.05, 4.69) is 30.0 Å². The Balaban J connectivity index is 2.08. The molecule has 0 bridgehead atoms. The highest BCUT2D eigenvalue weighted by Crippen LogP contribution is 2.22. The summed E-state index contributed by atoms with van der Waals surface area (Å²) in [5, 5.41) is 3.23. The number of nitrogens with one attached hydrogen (secondary N) is 1. The summed E-state index contributed by atoms with van der Waals surface area (Å²) in [6.07, 6.45) is 6.53. The minimum absolute atomic E-state index is 0.696. The fraction of sp³-hybridized carbons (Fsp3) is 0.833. The Morgan fingerprint density at radius 2 is 2.36 bits per heavy atom. The Labute approximate surface area is 88.1 Å². The molecule has 0 aromatic rings. The molecule has 1 heterocycles. The topological polar surface area (TPSA) is 15.3 Å². The zero-order valence-corrected chi connectivity index (χ0v) is 9.42. The van der Waals surface area contributed by atoms with Gasteiger partial charge in [0.25, 0.3) is 0 Å². The molecule has 1 aliphatic heterocycles. The van der Waals surface area contributed by atoms with Crippen LogP contribution in [0.5, 0.6) is 0 Å². The van der Waals surface area contributed by atoms with Gasteiger partial charge in [0.15, 0.2) is 0 Å². The summed E-state index contributed by atoms with van der Waals surface area (Å²) in [5.41, 5.74) is 0. The third kappa shape index (κ3) is 3.69. The summed E-state index contributed by atoms with van der Waals surface area (Å²) >= 11 is 0. The van der Waals surface area contributed by atoms with Crippen LogP contribution in [0.3, 0.4) is 0 Å². The summed E-state index contributed by atoms with van der Waals surface area (Å²) in [6, 6.07) is 0. The van der Waals surface area contributed by atoms with Gasteiger partial charge in [-0.25, -0.2) is 0 Å². The lowest BCUT2D eigenvalue weighted by Crippen LogP contribution is -2.31. The van der Waals surface area contributed by atoms with Crippen molar-refractivity contribution in [3.63, 3.8) is 0 Å². The van der Waals surface area contributed by atoms with E-state index in [1.54, 1.807) is 0 Å². The Bertz CT molecular complexity index is 193. The van der Waals surface area contributed by atoms with Crippen molar-refractivity contribution < 1.29 is 0 Å². The molecule has 1 N–H and O–H groups in total. The summed E-state index contributed by atoms with van der Waals surface area (Å²) in [5.74, 6) is 4.33. The third-order valence-corrected chi connectivity index (χ3v) is 3.08. The highest BCUT2D eigenvalue weighted by molar-refractivity contribution is 4.86. The van der Waals surface area contributed by atoms with Gasteiger partial charge in [-0.3, -0.25) is 0 Å². The third-order valence-electron chi connectivity index (χ3n) is 3.08. The summed E-state index contributed by atoms with van der Waals surface area (Å²) in [6.45, 7) is 10.0. The Morgan fingerprint density at radius 3 is 2.93 bits per heavy atom. The van der Waals surface area contributed by atoms with Gasteiger partial charge in [-0.15, -0.1) is 6.42 Å². The van der Waals surface area contributed by atoms with E-state index in [1.807, 2.05) is 0 Å². The normalized spacial score (nSPS) is 22.9. The zero-order chi connectivity index (χ0) is 10.4. The minimum Gasteiger partial charge on any atom is -0.305 e. The van der Waals surface area contributed by atoms with E-state index >= 15 is 0 Å². The van der Waals surface area contributed by atoms with E-state index in [4.69, 9.17) is 6.42 Å². The van der Waals surface area contributed by atoms with Crippen molar-refractivity contribution >= 4 is 0 Å². The molecule has 14 heavy (non-hydrogen) atoms. The van der Waals surface area contributed by atoms with Crippen molar-refractivity contribution in [3.8, 4) is 12.3 Å². The first kappa shape index (κ1) is 11.6. The quantitative estimate of drug-likeness (QED) is 0.522. The van der Waals surface area contributed by atoms with Crippen molar-refractivity contribution in [3.05, 3.63) is 0 Å². The molecule has 2 heteroatoms. The molecule has 1 fully saturated rings. The molecule has 0 aromatic heterocycles. The number of hydrogen-bond donors (Lipinski definition) is 1. The van der Waals surface area contributed by atoms with Crippen LogP contribution in [-0.4, -0.2) is 37.6 Å². The second-order valence-corrected chi connectivity index (χ2v) is 4.47. The van der Waals surface area contributed by atoms with Crippen LogP contribution in [0.4, 0.5) is 0 Å². The lowest BCUT2D eigenvalue weighted by Gasteiger charge is -2.17. The molecule has 0 amide bonds. The monoisotopic (exact) mass is 194 g/mol. The molecule has 1 atom stereocenters. The maximum Gasteiger partial charge on any atom is 0.0574 e. The Hall–Kier alpha value is -0.520. The predicted octanol–water partition coefficient (Wildman–Crippen LogP) is 1.19. The van der Waals surface area contributed by atoms with Gasteiger partial charge in [0.2, 0.25) is 0 Å². The number of terminal acetylenes is 1. The van der Waals surface area contributed by atoms with Crippen LogP contribution in [0.25, 0.3) is 0 Å². The molecule has 80 valence electrons. The fourth-order valence-corrected chi connectivity index (χ4v) is 2.01. The summed E-state index contributed by atoms with van der Waals surface area (Å²) in [4.78, 5) is 2.54. The van der Waals surface area contributed by atoms with Gasteiger partial charge in [-0.1, -0.05) is 19.8 Å². The number of nitrogens with zero attached hydrogens (tertiary/aromatic N) is 1. The van der Waals surface area contributed by atoms with E-state index in [1.165, 1.54) is 19.5 Å². The average Bonchev–Trinajstić information content (AvgIpc) is 2.61. The highest BCUT2D eigenvalue weighted by atomic mass is 15.2. The molecule has 1 rings (SSSR count). The second-order valence-electron chi connectivity index (χ2n) is 4.47. The molecule has 2 nitrogen and oxygen atoms in total. The van der Waals surface area contributed by atoms with Crippen LogP contribution < -0.4 is 5.32 Å². The molecular formula is C12H22N2. The standard InChI is InChI=1S/C12H22N2/c1-4-6-13-7-9-14-8-5-12(10-14)11(2)3/h1,11-13H,5-10H2,2-3H3. The lowest BCUT2D eigenvalue weighted by atomic mass is 9.95. The van der Waals surface area contributed by atoms with Crippen LogP contribution in [0.15, 0.2) is 0 Å². The second kappa shape index (κ2) is 6.06. The molecule has 1 unspecified atom stereocenters. The Morgan fingerprint density at radius 1 is 1.57 bits per heavy atom. The molecular weight excluding hydrogens is 172 g/mol. The molecule has 0 aromatic carbocycles. The lowest BCUT2D eigenvalue weighted by molar-refractivity contribution is 0.304. The summed E-state index contributed by atoms with van der Waals surface area (Å²) in [7, 11) is 0. The van der Waals surface area contributed by atoms with E-state index in [-0.39, 0.29) is 0 Å². The largest absolute Gasteiger partial charge is 0.305 e. The van der Waals surface area contributed by atoms with Crippen LogP contribution in [0, 0.1) is 24.2 Å². The first-order chi connectivity index (χ1) is 6.74. The average molecular weight is 194 g/mol. The molecule has 1 saturated heterocycles. The number of hydrogen-bond acceptors (Lipinski definition) is 2. The fourth-order valence-electron chi connectivity index (χ4n) is 2.01. The van der Waals surface area contributed by atoms with E-state index < -0.39 is 0 Å². The molecule has 1 aliphatic rings. The van der Waals surface area contributed by atoms with Crippen LogP contribution in [0.2, 0.25) is 0 Å². The van der Waals surface area contributed by atoms with Crippen molar-refractivity contribution in [1.82, 2.24) is 10.2 Å². The number of likely N-dealkylation sites (tertiary alicyclic amines) is 1. The molecule has 0 radical (unpaired) electrons. The van der Waals surface area contributed by atoms with E-state index in [9.17, 15) is 0 Å². The van der Waals surface area contributed by atoms with Crippen LogP contribution >= 0.6 is 0 Å². The van der Waals surface area contributed by atoms with Crippen molar-refractivity contribution in [2.24, 2.45) is 11.8 Å². The van der Waals surface area contributed by atoms with Crippen LogP contribution in [-0.2, 0) is 0 Å². The van der Waals surface area contributed by atoms with Crippen LogP contribution in [0.1, 0.15) is 20.3 Å². The maximum atomic E-state index is 5.16. The predicted molar refractivity (Wildman–Crippen MR) is 61.1 cm³/mol. The molecule has 0 spiro atoms. The molecule has 0 aliphatic carbocycles. The van der Waals surface area contributed by atoms with Gasteiger partial charge in [0, 0.05) is 19.6 Å². The smallest absolute Gasteiger partial charge is 0.0574 e.